The molecule has 0 aliphatic carbocycles. The molecule has 0 spiro atoms. The van der Waals surface area contributed by atoms with Crippen LogP contribution >= 0.6 is 0 Å². The number of aromatic nitrogens is 2. The van der Waals surface area contributed by atoms with Gasteiger partial charge < -0.3 is 19.9 Å². The summed E-state index contributed by atoms with van der Waals surface area (Å²) in [5, 5.41) is 2.63. The second-order valence-corrected chi connectivity index (χ2v) is 7.41. The number of benzene rings is 2. The summed E-state index contributed by atoms with van der Waals surface area (Å²) in [7, 11) is 0. The number of urea groups is 1. The summed E-state index contributed by atoms with van der Waals surface area (Å²) in [6.45, 7) is 6.04. The topological polar surface area (TPSA) is 70.6 Å². The number of amides is 2. The standard InChI is InChI=1S/C23H24FN5O2/c1-16-7-9-18(10-8-16)31-22-15-21(25-17(2)26-22)28-11-13-29(14-12-28)23(30)27-20-6-4-3-5-19(20)24/h3-10,15H,11-14H2,1-2H3,(H,27,30). The number of halogens is 1. The summed E-state index contributed by atoms with van der Waals surface area (Å²) < 4.78 is 19.7. The van der Waals surface area contributed by atoms with Gasteiger partial charge in [0.1, 0.15) is 23.2 Å². The number of para-hydroxylation sites is 1. The molecule has 3 aromatic rings. The zero-order chi connectivity index (χ0) is 21.8. The minimum Gasteiger partial charge on any atom is -0.439 e. The highest BCUT2D eigenvalue weighted by Crippen LogP contribution is 2.24. The molecule has 1 N–H and O–H groups in total. The Morgan fingerprint density at radius 2 is 1.71 bits per heavy atom. The van der Waals surface area contributed by atoms with Gasteiger partial charge in [0.15, 0.2) is 0 Å². The number of rotatable bonds is 4. The molecule has 1 aliphatic heterocycles. The monoisotopic (exact) mass is 421 g/mol. The van der Waals surface area contributed by atoms with E-state index in [0.29, 0.717) is 43.6 Å². The van der Waals surface area contributed by atoms with Crippen molar-refractivity contribution in [3.63, 3.8) is 0 Å². The lowest BCUT2D eigenvalue weighted by Crippen LogP contribution is -2.50. The average molecular weight is 421 g/mol. The molecular weight excluding hydrogens is 397 g/mol. The Morgan fingerprint density at radius 3 is 2.42 bits per heavy atom. The fourth-order valence-electron chi connectivity index (χ4n) is 3.36. The van der Waals surface area contributed by atoms with E-state index in [4.69, 9.17) is 4.74 Å². The third-order valence-electron chi connectivity index (χ3n) is 5.05. The second-order valence-electron chi connectivity index (χ2n) is 7.41. The first-order valence-corrected chi connectivity index (χ1v) is 10.1. The van der Waals surface area contributed by atoms with Gasteiger partial charge in [-0.15, -0.1) is 0 Å². The van der Waals surface area contributed by atoms with E-state index in [9.17, 15) is 9.18 Å². The van der Waals surface area contributed by atoms with Crippen LogP contribution in [-0.4, -0.2) is 47.1 Å². The van der Waals surface area contributed by atoms with Crippen LogP contribution in [0.25, 0.3) is 0 Å². The zero-order valence-electron chi connectivity index (χ0n) is 17.5. The van der Waals surface area contributed by atoms with Crippen LogP contribution in [0.2, 0.25) is 0 Å². The van der Waals surface area contributed by atoms with E-state index in [1.807, 2.05) is 44.2 Å². The lowest BCUT2D eigenvalue weighted by atomic mass is 10.2. The van der Waals surface area contributed by atoms with Crippen LogP contribution in [0.4, 0.5) is 20.7 Å². The van der Waals surface area contributed by atoms with Crippen molar-refractivity contribution in [3.8, 4) is 11.6 Å². The molecule has 1 aromatic heterocycles. The molecule has 1 aliphatic rings. The Morgan fingerprint density at radius 1 is 1.00 bits per heavy atom. The lowest BCUT2D eigenvalue weighted by Gasteiger charge is -2.35. The number of hydrogen-bond donors (Lipinski definition) is 1. The van der Waals surface area contributed by atoms with E-state index in [1.165, 1.54) is 6.07 Å². The minimum absolute atomic E-state index is 0.180. The van der Waals surface area contributed by atoms with E-state index in [0.717, 1.165) is 11.4 Å². The molecule has 2 heterocycles. The molecule has 2 amide bonds. The van der Waals surface area contributed by atoms with Gasteiger partial charge in [0.2, 0.25) is 5.88 Å². The SMILES string of the molecule is Cc1ccc(Oc2cc(N3CCN(C(=O)Nc4ccccc4F)CC3)nc(C)n2)cc1. The summed E-state index contributed by atoms with van der Waals surface area (Å²) >= 11 is 0. The van der Waals surface area contributed by atoms with Crippen LogP contribution < -0.4 is 15.0 Å². The maximum absolute atomic E-state index is 13.8. The molecule has 0 radical (unpaired) electrons. The van der Waals surface area contributed by atoms with Gasteiger partial charge in [-0.05, 0) is 38.1 Å². The molecule has 0 bridgehead atoms. The van der Waals surface area contributed by atoms with Crippen LogP contribution in [0.3, 0.4) is 0 Å². The Bertz CT molecular complexity index is 1070. The third-order valence-corrected chi connectivity index (χ3v) is 5.05. The molecule has 7 nitrogen and oxygen atoms in total. The highest BCUT2D eigenvalue weighted by Gasteiger charge is 2.23. The number of hydrogen-bond acceptors (Lipinski definition) is 5. The maximum atomic E-state index is 13.8. The van der Waals surface area contributed by atoms with Gasteiger partial charge in [0, 0.05) is 32.2 Å². The highest BCUT2D eigenvalue weighted by molar-refractivity contribution is 5.89. The summed E-state index contributed by atoms with van der Waals surface area (Å²) in [6, 6.07) is 15.4. The Hall–Kier alpha value is -3.68. The molecule has 8 heteroatoms. The van der Waals surface area contributed by atoms with Gasteiger partial charge in [-0.25, -0.2) is 14.2 Å². The maximum Gasteiger partial charge on any atom is 0.322 e. The molecule has 1 saturated heterocycles. The van der Waals surface area contributed by atoms with Crippen molar-refractivity contribution in [2.45, 2.75) is 13.8 Å². The average Bonchev–Trinajstić information content (AvgIpc) is 2.77. The Labute approximate surface area is 180 Å². The summed E-state index contributed by atoms with van der Waals surface area (Å²) in [5.41, 5.74) is 1.34. The smallest absolute Gasteiger partial charge is 0.322 e. The first-order valence-electron chi connectivity index (χ1n) is 10.1. The lowest BCUT2D eigenvalue weighted by molar-refractivity contribution is 0.208. The van der Waals surface area contributed by atoms with E-state index in [2.05, 4.69) is 20.2 Å². The molecule has 31 heavy (non-hydrogen) atoms. The number of nitrogens with zero attached hydrogens (tertiary/aromatic N) is 4. The number of piperazine rings is 1. The number of carbonyl (C=O) groups is 1. The van der Waals surface area contributed by atoms with Crippen LogP contribution in [0.1, 0.15) is 11.4 Å². The normalized spacial score (nSPS) is 13.8. The molecule has 1 fully saturated rings. The predicted molar refractivity (Wildman–Crippen MR) is 117 cm³/mol. The molecular formula is C23H24FN5O2. The number of ether oxygens (including phenoxy) is 1. The molecule has 4 rings (SSSR count). The van der Waals surface area contributed by atoms with Gasteiger partial charge in [-0.3, -0.25) is 0 Å². The van der Waals surface area contributed by atoms with Gasteiger partial charge in [0.25, 0.3) is 0 Å². The first kappa shape index (κ1) is 20.6. The minimum atomic E-state index is -0.452. The fraction of sp³-hybridized carbons (Fsp3) is 0.261. The van der Waals surface area contributed by atoms with Crippen LogP contribution in [-0.2, 0) is 0 Å². The summed E-state index contributed by atoms with van der Waals surface area (Å²) in [4.78, 5) is 25.1. The van der Waals surface area contributed by atoms with Gasteiger partial charge in [-0.2, -0.15) is 4.98 Å². The van der Waals surface area contributed by atoms with Gasteiger partial charge in [0.05, 0.1) is 5.69 Å². The van der Waals surface area contributed by atoms with E-state index in [-0.39, 0.29) is 11.7 Å². The van der Waals surface area contributed by atoms with E-state index >= 15 is 0 Å². The van der Waals surface area contributed by atoms with Gasteiger partial charge in [-0.1, -0.05) is 29.8 Å². The summed E-state index contributed by atoms with van der Waals surface area (Å²) in [6.07, 6.45) is 0. The Kier molecular flexibility index (Phi) is 5.97. The van der Waals surface area contributed by atoms with Crippen molar-refractivity contribution in [3.05, 3.63) is 71.8 Å². The number of nitrogens with one attached hydrogen (secondary N) is 1. The van der Waals surface area contributed by atoms with Crippen LogP contribution in [0, 0.1) is 19.7 Å². The van der Waals surface area contributed by atoms with Crippen molar-refractivity contribution in [2.24, 2.45) is 0 Å². The van der Waals surface area contributed by atoms with Gasteiger partial charge >= 0.3 is 6.03 Å². The molecule has 0 saturated carbocycles. The van der Waals surface area contributed by atoms with E-state index < -0.39 is 5.82 Å². The second kappa shape index (κ2) is 8.99. The molecule has 0 atom stereocenters. The number of anilines is 2. The molecule has 2 aromatic carbocycles. The van der Waals surface area contributed by atoms with E-state index in [1.54, 1.807) is 23.1 Å². The largest absolute Gasteiger partial charge is 0.439 e. The molecule has 160 valence electrons. The van der Waals surface area contributed by atoms with Crippen LogP contribution in [0.15, 0.2) is 54.6 Å². The first-order chi connectivity index (χ1) is 15.0. The quantitative estimate of drug-likeness (QED) is 0.677. The third kappa shape index (κ3) is 5.09. The van der Waals surface area contributed by atoms with Crippen molar-refractivity contribution < 1.29 is 13.9 Å². The fourth-order valence-corrected chi connectivity index (χ4v) is 3.36. The number of aryl methyl sites for hydroxylation is 2. The summed E-state index contributed by atoms with van der Waals surface area (Å²) in [5.74, 6) is 2.10. The molecule has 0 unspecified atom stereocenters. The zero-order valence-corrected chi connectivity index (χ0v) is 17.5. The number of carbonyl (C=O) groups excluding carboxylic acids is 1. The van der Waals surface area contributed by atoms with Crippen molar-refractivity contribution >= 4 is 17.5 Å². The highest BCUT2D eigenvalue weighted by atomic mass is 19.1. The predicted octanol–water partition coefficient (Wildman–Crippen LogP) is 4.38. The van der Waals surface area contributed by atoms with Crippen molar-refractivity contribution in [2.75, 3.05) is 36.4 Å². The van der Waals surface area contributed by atoms with Crippen molar-refractivity contribution in [1.82, 2.24) is 14.9 Å². The Balaban J connectivity index is 1.39. The van der Waals surface area contributed by atoms with Crippen LogP contribution in [0.5, 0.6) is 11.6 Å². The van der Waals surface area contributed by atoms with Crippen molar-refractivity contribution in [1.29, 1.82) is 0 Å².